The van der Waals surface area contributed by atoms with E-state index in [0.29, 0.717) is 24.6 Å². The van der Waals surface area contributed by atoms with Crippen LogP contribution in [0.4, 0.5) is 0 Å². The molecule has 1 saturated heterocycles. The summed E-state index contributed by atoms with van der Waals surface area (Å²) in [6.07, 6.45) is 5.94. The Morgan fingerprint density at radius 3 is 2.96 bits per heavy atom. The van der Waals surface area contributed by atoms with Crippen molar-refractivity contribution >= 4 is 5.91 Å². The van der Waals surface area contributed by atoms with Gasteiger partial charge in [-0.2, -0.15) is 5.10 Å². The average molecular weight is 380 g/mol. The molecule has 0 saturated carbocycles. The molecule has 0 radical (unpaired) electrons. The Morgan fingerprint density at radius 1 is 1.32 bits per heavy atom. The zero-order valence-corrected chi connectivity index (χ0v) is 16.2. The first-order valence-electron chi connectivity index (χ1n) is 9.49. The molecule has 1 aromatic carbocycles. The van der Waals surface area contributed by atoms with E-state index < -0.39 is 0 Å². The molecule has 2 aromatic heterocycles. The van der Waals surface area contributed by atoms with Crippen molar-refractivity contribution in [2.45, 2.75) is 25.2 Å². The first-order chi connectivity index (χ1) is 13.7. The van der Waals surface area contributed by atoms with Crippen LogP contribution in [0.2, 0.25) is 0 Å². The number of carbonyl (C=O) groups excluding carboxylic acids is 1. The topological polar surface area (TPSA) is 73.4 Å². The number of aromatic nitrogens is 3. The van der Waals surface area contributed by atoms with Crippen LogP contribution in [0.25, 0.3) is 0 Å². The van der Waals surface area contributed by atoms with Gasteiger partial charge in [0, 0.05) is 38.3 Å². The zero-order chi connectivity index (χ0) is 19.5. The normalized spacial score (nSPS) is 16.9. The van der Waals surface area contributed by atoms with Gasteiger partial charge in [-0.3, -0.25) is 9.48 Å². The van der Waals surface area contributed by atoms with Crippen molar-refractivity contribution in [1.29, 1.82) is 0 Å². The molecule has 28 heavy (non-hydrogen) atoms. The molecule has 0 unspecified atom stereocenters. The second-order valence-electron chi connectivity index (χ2n) is 7.08. The van der Waals surface area contributed by atoms with Gasteiger partial charge in [0.25, 0.3) is 5.91 Å². The monoisotopic (exact) mass is 380 g/mol. The molecular weight excluding hydrogens is 356 g/mol. The van der Waals surface area contributed by atoms with Gasteiger partial charge in [0.15, 0.2) is 5.89 Å². The number of hydrogen-bond acceptors (Lipinski definition) is 5. The molecule has 7 heteroatoms. The number of likely N-dealkylation sites (tertiary alicyclic amines) is 1. The van der Waals surface area contributed by atoms with Crippen LogP contribution in [0, 0.1) is 0 Å². The van der Waals surface area contributed by atoms with Crippen LogP contribution >= 0.6 is 0 Å². The number of ether oxygens (including phenoxy) is 1. The summed E-state index contributed by atoms with van der Waals surface area (Å²) >= 11 is 0. The number of piperidine rings is 1. The SMILES string of the molecule is COc1ccccc1Cc1cnc([C@H]2CCCN(C(=O)c3ccnn3C)C2)o1. The Balaban J connectivity index is 1.46. The second kappa shape index (κ2) is 7.88. The van der Waals surface area contributed by atoms with Crippen LogP contribution in [-0.4, -0.2) is 45.8 Å². The first-order valence-corrected chi connectivity index (χ1v) is 9.49. The Labute approximate surface area is 163 Å². The van der Waals surface area contributed by atoms with E-state index in [1.807, 2.05) is 29.2 Å². The summed E-state index contributed by atoms with van der Waals surface area (Å²) in [5.74, 6) is 2.45. The van der Waals surface area contributed by atoms with Gasteiger partial charge in [0.05, 0.1) is 19.2 Å². The molecule has 1 aliphatic rings. The second-order valence-corrected chi connectivity index (χ2v) is 7.08. The molecule has 1 aliphatic heterocycles. The van der Waals surface area contributed by atoms with Crippen molar-refractivity contribution in [3.63, 3.8) is 0 Å². The van der Waals surface area contributed by atoms with Crippen LogP contribution < -0.4 is 4.74 Å². The van der Waals surface area contributed by atoms with Crippen molar-refractivity contribution in [3.05, 3.63) is 65.6 Å². The molecular formula is C21H24N4O3. The number of oxazole rings is 1. The molecule has 0 bridgehead atoms. The molecule has 0 aliphatic carbocycles. The summed E-state index contributed by atoms with van der Waals surface area (Å²) in [5.41, 5.74) is 1.66. The summed E-state index contributed by atoms with van der Waals surface area (Å²) < 4.78 is 13.1. The summed E-state index contributed by atoms with van der Waals surface area (Å²) in [4.78, 5) is 19.1. The quantitative estimate of drug-likeness (QED) is 0.680. The van der Waals surface area contributed by atoms with Crippen molar-refractivity contribution < 1.29 is 13.9 Å². The number of aryl methyl sites for hydroxylation is 1. The van der Waals surface area contributed by atoms with E-state index in [0.717, 1.165) is 36.5 Å². The summed E-state index contributed by atoms with van der Waals surface area (Å²) in [6, 6.07) is 9.65. The molecule has 1 fully saturated rings. The lowest BCUT2D eigenvalue weighted by molar-refractivity contribution is 0.0686. The fourth-order valence-electron chi connectivity index (χ4n) is 3.74. The lowest BCUT2D eigenvalue weighted by Gasteiger charge is -2.31. The maximum atomic E-state index is 12.8. The minimum atomic E-state index is 0.00509. The number of para-hydroxylation sites is 1. The van der Waals surface area contributed by atoms with Crippen LogP contribution in [0.3, 0.4) is 0 Å². The highest BCUT2D eigenvalue weighted by molar-refractivity contribution is 5.92. The molecule has 1 atom stereocenters. The van der Waals surface area contributed by atoms with Crippen molar-refractivity contribution in [1.82, 2.24) is 19.7 Å². The van der Waals surface area contributed by atoms with E-state index in [9.17, 15) is 4.79 Å². The van der Waals surface area contributed by atoms with E-state index >= 15 is 0 Å². The van der Waals surface area contributed by atoms with Crippen LogP contribution in [0.15, 0.2) is 47.1 Å². The lowest BCUT2D eigenvalue weighted by atomic mass is 9.97. The standard InChI is InChI=1S/C21H24N4O3/c1-24-18(9-10-23-24)21(26)25-11-5-7-16(14-25)20-22-13-17(28-20)12-15-6-3-4-8-19(15)27-2/h3-4,6,8-10,13,16H,5,7,11-12,14H2,1-2H3/t16-/m0/s1. The third-order valence-electron chi connectivity index (χ3n) is 5.23. The first kappa shape index (κ1) is 18.3. The minimum Gasteiger partial charge on any atom is -0.496 e. The Kier molecular flexibility index (Phi) is 5.14. The van der Waals surface area contributed by atoms with Gasteiger partial charge in [0.1, 0.15) is 17.2 Å². The fourth-order valence-corrected chi connectivity index (χ4v) is 3.74. The van der Waals surface area contributed by atoms with Crippen LogP contribution in [-0.2, 0) is 13.5 Å². The molecule has 3 heterocycles. The van der Waals surface area contributed by atoms with E-state index in [1.54, 1.807) is 37.3 Å². The van der Waals surface area contributed by atoms with Crippen LogP contribution in [0.5, 0.6) is 5.75 Å². The molecule has 146 valence electrons. The van der Waals surface area contributed by atoms with Gasteiger partial charge in [-0.15, -0.1) is 0 Å². The van der Waals surface area contributed by atoms with Crippen molar-refractivity contribution in [3.8, 4) is 5.75 Å². The molecule has 0 N–H and O–H groups in total. The van der Waals surface area contributed by atoms with Gasteiger partial charge >= 0.3 is 0 Å². The van der Waals surface area contributed by atoms with Gasteiger partial charge in [-0.25, -0.2) is 4.98 Å². The molecule has 1 amide bonds. The van der Waals surface area contributed by atoms with Gasteiger partial charge in [-0.1, -0.05) is 18.2 Å². The van der Waals surface area contributed by atoms with E-state index in [-0.39, 0.29) is 11.8 Å². The van der Waals surface area contributed by atoms with E-state index in [4.69, 9.17) is 9.15 Å². The third kappa shape index (κ3) is 3.65. The van der Waals surface area contributed by atoms with Gasteiger partial charge in [-0.05, 0) is 25.0 Å². The molecule has 0 spiro atoms. The average Bonchev–Trinajstić information content (AvgIpc) is 3.37. The van der Waals surface area contributed by atoms with Gasteiger partial charge < -0.3 is 14.1 Å². The van der Waals surface area contributed by atoms with Crippen molar-refractivity contribution in [2.24, 2.45) is 7.05 Å². The Bertz CT molecular complexity index is 962. The number of amides is 1. The molecule has 7 nitrogen and oxygen atoms in total. The van der Waals surface area contributed by atoms with Gasteiger partial charge in [0.2, 0.25) is 0 Å². The number of rotatable bonds is 5. The predicted molar refractivity (Wildman–Crippen MR) is 103 cm³/mol. The highest BCUT2D eigenvalue weighted by Gasteiger charge is 2.29. The molecule has 4 rings (SSSR count). The maximum Gasteiger partial charge on any atom is 0.272 e. The third-order valence-corrected chi connectivity index (χ3v) is 5.23. The maximum absolute atomic E-state index is 12.8. The summed E-state index contributed by atoms with van der Waals surface area (Å²) in [5, 5.41) is 4.10. The molecule has 3 aromatic rings. The fraction of sp³-hybridized carbons (Fsp3) is 0.381. The Hall–Kier alpha value is -3.09. The number of nitrogens with zero attached hydrogens (tertiary/aromatic N) is 4. The highest BCUT2D eigenvalue weighted by Crippen LogP contribution is 2.29. The minimum absolute atomic E-state index is 0.00509. The highest BCUT2D eigenvalue weighted by atomic mass is 16.5. The smallest absolute Gasteiger partial charge is 0.272 e. The number of carbonyl (C=O) groups is 1. The van der Waals surface area contributed by atoms with Crippen molar-refractivity contribution in [2.75, 3.05) is 20.2 Å². The largest absolute Gasteiger partial charge is 0.496 e. The zero-order valence-electron chi connectivity index (χ0n) is 16.2. The van der Waals surface area contributed by atoms with Crippen LogP contribution in [0.1, 0.15) is 46.5 Å². The number of benzene rings is 1. The van der Waals surface area contributed by atoms with E-state index in [2.05, 4.69) is 10.1 Å². The number of hydrogen-bond donors (Lipinski definition) is 0. The predicted octanol–water partition coefficient (Wildman–Crippen LogP) is 3.03. The summed E-state index contributed by atoms with van der Waals surface area (Å²) in [6.45, 7) is 1.36. The Morgan fingerprint density at radius 2 is 2.18 bits per heavy atom. The number of methoxy groups -OCH3 is 1. The lowest BCUT2D eigenvalue weighted by Crippen LogP contribution is -2.40. The summed E-state index contributed by atoms with van der Waals surface area (Å²) in [7, 11) is 3.45. The van der Waals surface area contributed by atoms with E-state index in [1.165, 1.54) is 0 Å².